The summed E-state index contributed by atoms with van der Waals surface area (Å²) in [4.78, 5) is 27.7. The zero-order chi connectivity index (χ0) is 17.9. The van der Waals surface area contributed by atoms with E-state index in [4.69, 9.17) is 9.47 Å². The van der Waals surface area contributed by atoms with E-state index in [-0.39, 0.29) is 24.2 Å². The van der Waals surface area contributed by atoms with E-state index in [0.29, 0.717) is 37.8 Å². The van der Waals surface area contributed by atoms with Crippen molar-refractivity contribution in [1.29, 1.82) is 0 Å². The van der Waals surface area contributed by atoms with Crippen molar-refractivity contribution in [3.8, 4) is 11.5 Å². The smallest absolute Gasteiger partial charge is 0.227 e. The minimum Gasteiger partial charge on any atom is -0.486 e. The number of anilines is 1. The van der Waals surface area contributed by atoms with E-state index in [1.807, 2.05) is 29.6 Å². The van der Waals surface area contributed by atoms with Crippen LogP contribution in [0.2, 0.25) is 0 Å². The molecule has 136 valence electrons. The number of nitrogens with one attached hydrogen (secondary N) is 1. The molecule has 0 radical (unpaired) electrons. The summed E-state index contributed by atoms with van der Waals surface area (Å²) in [5, 5.41) is 4.98. The monoisotopic (exact) mass is 372 g/mol. The molecule has 1 fully saturated rings. The highest BCUT2D eigenvalue weighted by molar-refractivity contribution is 7.09. The molecule has 2 amide bonds. The number of rotatable bonds is 5. The summed E-state index contributed by atoms with van der Waals surface area (Å²) in [5.41, 5.74) is 0.744. The van der Waals surface area contributed by atoms with E-state index in [1.54, 1.807) is 16.2 Å². The van der Waals surface area contributed by atoms with Gasteiger partial charge in [-0.1, -0.05) is 6.07 Å². The van der Waals surface area contributed by atoms with Gasteiger partial charge in [0.1, 0.15) is 13.2 Å². The van der Waals surface area contributed by atoms with E-state index in [0.717, 1.165) is 12.1 Å². The number of thiophene rings is 1. The van der Waals surface area contributed by atoms with Crippen LogP contribution in [0.15, 0.2) is 35.7 Å². The summed E-state index contributed by atoms with van der Waals surface area (Å²) in [6.45, 7) is 2.01. The second-order valence-corrected chi connectivity index (χ2v) is 7.39. The van der Waals surface area contributed by atoms with E-state index in [1.165, 1.54) is 4.88 Å². The van der Waals surface area contributed by atoms with Gasteiger partial charge in [-0.05, 0) is 30.0 Å². The predicted octanol–water partition coefficient (Wildman–Crippen LogP) is 2.23. The van der Waals surface area contributed by atoms with Gasteiger partial charge in [0.2, 0.25) is 11.8 Å². The normalized spacial score (nSPS) is 18.8. The molecule has 7 heteroatoms. The number of carbonyl (C=O) groups excluding carboxylic acids is 2. The highest BCUT2D eigenvalue weighted by atomic mass is 32.1. The number of ether oxygens (including phenoxy) is 2. The molecule has 0 bridgehead atoms. The highest BCUT2D eigenvalue weighted by Crippen LogP contribution is 2.35. The van der Waals surface area contributed by atoms with Crippen molar-refractivity contribution in [2.75, 3.05) is 31.2 Å². The number of carbonyl (C=O) groups is 2. The molecule has 26 heavy (non-hydrogen) atoms. The number of hydrogen-bond acceptors (Lipinski definition) is 5. The minimum absolute atomic E-state index is 0.0416. The minimum atomic E-state index is -0.320. The number of amides is 2. The molecule has 0 spiro atoms. The van der Waals surface area contributed by atoms with Gasteiger partial charge in [-0.2, -0.15) is 0 Å². The van der Waals surface area contributed by atoms with Gasteiger partial charge in [-0.25, -0.2) is 0 Å². The van der Waals surface area contributed by atoms with Crippen molar-refractivity contribution in [1.82, 2.24) is 5.32 Å². The van der Waals surface area contributed by atoms with Crippen LogP contribution in [-0.4, -0.2) is 38.1 Å². The van der Waals surface area contributed by atoms with Gasteiger partial charge >= 0.3 is 0 Å². The molecule has 6 nitrogen and oxygen atoms in total. The lowest BCUT2D eigenvalue weighted by atomic mass is 10.1. The van der Waals surface area contributed by atoms with Crippen molar-refractivity contribution < 1.29 is 19.1 Å². The van der Waals surface area contributed by atoms with Crippen LogP contribution in [0.1, 0.15) is 11.3 Å². The van der Waals surface area contributed by atoms with Crippen LogP contribution in [0.3, 0.4) is 0 Å². The molecule has 2 aliphatic rings. The van der Waals surface area contributed by atoms with E-state index >= 15 is 0 Å². The summed E-state index contributed by atoms with van der Waals surface area (Å²) < 4.78 is 11.1. The van der Waals surface area contributed by atoms with Crippen molar-refractivity contribution in [2.24, 2.45) is 5.92 Å². The van der Waals surface area contributed by atoms with Gasteiger partial charge < -0.3 is 19.7 Å². The lowest BCUT2D eigenvalue weighted by molar-refractivity contribution is -0.126. The molecule has 3 heterocycles. The summed E-state index contributed by atoms with van der Waals surface area (Å²) in [7, 11) is 0. The molecule has 1 unspecified atom stereocenters. The Balaban J connectivity index is 1.36. The van der Waals surface area contributed by atoms with Crippen LogP contribution < -0.4 is 19.7 Å². The van der Waals surface area contributed by atoms with Gasteiger partial charge in [0.05, 0.1) is 5.92 Å². The van der Waals surface area contributed by atoms with E-state index < -0.39 is 0 Å². The number of benzene rings is 1. The fraction of sp³-hybridized carbons (Fsp3) is 0.368. The predicted molar refractivity (Wildman–Crippen MR) is 98.9 cm³/mol. The Morgan fingerprint density at radius 1 is 1.23 bits per heavy atom. The quantitative estimate of drug-likeness (QED) is 0.874. The molecule has 0 aliphatic carbocycles. The third kappa shape index (κ3) is 3.53. The molecular formula is C19H20N2O4S. The van der Waals surface area contributed by atoms with E-state index in [2.05, 4.69) is 11.4 Å². The maximum absolute atomic E-state index is 12.4. The summed E-state index contributed by atoms with van der Waals surface area (Å²) in [6.07, 6.45) is 1.05. The van der Waals surface area contributed by atoms with Crippen LogP contribution in [-0.2, 0) is 16.0 Å². The Morgan fingerprint density at radius 3 is 2.88 bits per heavy atom. The van der Waals surface area contributed by atoms with Crippen LogP contribution in [0.4, 0.5) is 5.69 Å². The van der Waals surface area contributed by atoms with Gasteiger partial charge in [0.15, 0.2) is 11.5 Å². The first-order valence-electron chi connectivity index (χ1n) is 8.71. The van der Waals surface area contributed by atoms with Gasteiger partial charge in [-0.3, -0.25) is 9.59 Å². The Kier molecular flexibility index (Phi) is 4.79. The third-order valence-electron chi connectivity index (χ3n) is 4.58. The largest absolute Gasteiger partial charge is 0.486 e. The Morgan fingerprint density at radius 2 is 2.08 bits per heavy atom. The van der Waals surface area contributed by atoms with Gasteiger partial charge in [-0.15, -0.1) is 11.3 Å². The standard InChI is InChI=1S/C19H20N2O4S/c22-18-10-13(19(23)20-6-5-15-2-1-9-26-15)12-21(18)14-3-4-16-17(11-14)25-8-7-24-16/h1-4,9,11,13H,5-8,10,12H2,(H,20,23). The zero-order valence-corrected chi connectivity index (χ0v) is 15.1. The van der Waals surface area contributed by atoms with Gasteiger partial charge in [0, 0.05) is 36.1 Å². The van der Waals surface area contributed by atoms with Crippen LogP contribution in [0, 0.1) is 5.92 Å². The molecule has 1 saturated heterocycles. The third-order valence-corrected chi connectivity index (χ3v) is 5.52. The molecular weight excluding hydrogens is 352 g/mol. The number of hydrogen-bond donors (Lipinski definition) is 1. The molecule has 2 aromatic rings. The summed E-state index contributed by atoms with van der Waals surface area (Å²) in [5.74, 6) is 0.911. The van der Waals surface area contributed by atoms with Crippen molar-refractivity contribution >= 4 is 28.8 Å². The highest BCUT2D eigenvalue weighted by Gasteiger charge is 2.35. The second kappa shape index (κ2) is 7.37. The average molecular weight is 372 g/mol. The lowest BCUT2D eigenvalue weighted by Crippen LogP contribution is -2.34. The maximum atomic E-state index is 12.4. The molecule has 1 N–H and O–H groups in total. The maximum Gasteiger partial charge on any atom is 0.227 e. The van der Waals surface area contributed by atoms with Gasteiger partial charge in [0.25, 0.3) is 0 Å². The molecule has 0 saturated carbocycles. The number of fused-ring (bicyclic) bond motifs is 1. The average Bonchev–Trinajstić information content (AvgIpc) is 3.31. The molecule has 2 aliphatic heterocycles. The topological polar surface area (TPSA) is 67.9 Å². The molecule has 1 aromatic heterocycles. The molecule has 1 aromatic carbocycles. The number of nitrogens with zero attached hydrogens (tertiary/aromatic N) is 1. The Labute approximate surface area is 155 Å². The first-order valence-corrected chi connectivity index (χ1v) is 9.59. The van der Waals surface area contributed by atoms with Crippen LogP contribution in [0.25, 0.3) is 0 Å². The summed E-state index contributed by atoms with van der Waals surface area (Å²) in [6, 6.07) is 9.51. The van der Waals surface area contributed by atoms with Crippen LogP contribution in [0.5, 0.6) is 11.5 Å². The first-order chi connectivity index (χ1) is 12.7. The van der Waals surface area contributed by atoms with Crippen LogP contribution >= 0.6 is 11.3 Å². The zero-order valence-electron chi connectivity index (χ0n) is 14.3. The van der Waals surface area contributed by atoms with Crippen molar-refractivity contribution in [2.45, 2.75) is 12.8 Å². The Bertz CT molecular complexity index is 806. The second-order valence-electron chi connectivity index (χ2n) is 6.35. The molecule has 4 rings (SSSR count). The first kappa shape index (κ1) is 16.9. The van der Waals surface area contributed by atoms with Crippen molar-refractivity contribution in [3.05, 3.63) is 40.6 Å². The molecule has 1 atom stereocenters. The van der Waals surface area contributed by atoms with Crippen molar-refractivity contribution in [3.63, 3.8) is 0 Å². The Hall–Kier alpha value is -2.54. The summed E-state index contributed by atoms with van der Waals surface area (Å²) >= 11 is 1.68. The van der Waals surface area contributed by atoms with E-state index in [9.17, 15) is 9.59 Å². The fourth-order valence-corrected chi connectivity index (χ4v) is 3.95. The fourth-order valence-electron chi connectivity index (χ4n) is 3.24. The SMILES string of the molecule is O=C(NCCc1cccs1)C1CC(=O)N(c2ccc3c(c2)OCCO3)C1. The lowest BCUT2D eigenvalue weighted by Gasteiger charge is -2.22.